The smallest absolute Gasteiger partial charge is 0.269 e. The Kier molecular flexibility index (Phi) is 7.59. The number of aromatic nitrogens is 3. The Morgan fingerprint density at radius 1 is 1.32 bits per heavy atom. The van der Waals surface area contributed by atoms with Gasteiger partial charge in [-0.3, -0.25) is 14.9 Å². The lowest BCUT2D eigenvalue weighted by molar-refractivity contribution is -0.384. The van der Waals surface area contributed by atoms with Crippen LogP contribution in [-0.2, 0) is 12.3 Å². The molecule has 3 rings (SSSR count). The summed E-state index contributed by atoms with van der Waals surface area (Å²) in [5, 5.41) is 25.2. The lowest BCUT2D eigenvalue weighted by atomic mass is 10.0. The SMILES string of the molecule is C=CCn1c(SCc2ccc([N+](=O)[O-])cc2)nnc1C(NC(=O)c1cccs1)C(C)C. The molecule has 1 N–H and O–H groups in total. The second-order valence-electron chi connectivity index (χ2n) is 7.12. The molecular formula is C21H23N5O3S2. The number of hydrogen-bond acceptors (Lipinski definition) is 7. The maximum absolute atomic E-state index is 12.6. The number of non-ortho nitro benzene ring substituents is 1. The van der Waals surface area contributed by atoms with Crippen molar-refractivity contribution in [3.63, 3.8) is 0 Å². The van der Waals surface area contributed by atoms with E-state index in [9.17, 15) is 14.9 Å². The minimum atomic E-state index is -0.416. The number of allylic oxidation sites excluding steroid dienone is 1. The highest BCUT2D eigenvalue weighted by Gasteiger charge is 2.26. The number of hydrogen-bond donors (Lipinski definition) is 1. The second kappa shape index (κ2) is 10.4. The Hall–Kier alpha value is -2.98. The number of nitro benzene ring substituents is 1. The van der Waals surface area contributed by atoms with Crippen LogP contribution in [0.1, 0.15) is 40.9 Å². The van der Waals surface area contributed by atoms with Gasteiger partial charge in [0.15, 0.2) is 11.0 Å². The first kappa shape index (κ1) is 22.7. The highest BCUT2D eigenvalue weighted by Crippen LogP contribution is 2.28. The van der Waals surface area contributed by atoms with Gasteiger partial charge in [-0.1, -0.05) is 49.9 Å². The zero-order valence-corrected chi connectivity index (χ0v) is 18.9. The molecule has 162 valence electrons. The monoisotopic (exact) mass is 457 g/mol. The summed E-state index contributed by atoms with van der Waals surface area (Å²) >= 11 is 2.87. The molecule has 2 aromatic heterocycles. The van der Waals surface area contributed by atoms with E-state index in [1.54, 1.807) is 24.3 Å². The van der Waals surface area contributed by atoms with Crippen LogP contribution in [0.2, 0.25) is 0 Å². The van der Waals surface area contributed by atoms with Crippen molar-refractivity contribution in [3.8, 4) is 0 Å². The maximum atomic E-state index is 12.6. The topological polar surface area (TPSA) is 103 Å². The van der Waals surface area contributed by atoms with E-state index in [4.69, 9.17) is 0 Å². The second-order valence-corrected chi connectivity index (χ2v) is 9.01. The molecular weight excluding hydrogens is 434 g/mol. The minimum absolute atomic E-state index is 0.0621. The van der Waals surface area contributed by atoms with Crippen LogP contribution in [0.3, 0.4) is 0 Å². The van der Waals surface area contributed by atoms with E-state index in [1.807, 2.05) is 29.9 Å². The van der Waals surface area contributed by atoms with Crippen molar-refractivity contribution in [1.29, 1.82) is 0 Å². The summed E-state index contributed by atoms with van der Waals surface area (Å²) in [5.41, 5.74) is 1.00. The van der Waals surface area contributed by atoms with Gasteiger partial charge in [0.05, 0.1) is 15.8 Å². The summed E-state index contributed by atoms with van der Waals surface area (Å²) in [4.78, 5) is 23.7. The van der Waals surface area contributed by atoms with Crippen molar-refractivity contribution in [2.75, 3.05) is 0 Å². The fraction of sp³-hybridized carbons (Fsp3) is 0.286. The molecule has 0 saturated carbocycles. The fourth-order valence-electron chi connectivity index (χ4n) is 2.95. The average molecular weight is 458 g/mol. The van der Waals surface area contributed by atoms with Gasteiger partial charge in [-0.25, -0.2) is 0 Å². The Labute approximate surface area is 188 Å². The molecule has 2 heterocycles. The molecule has 0 fully saturated rings. The Morgan fingerprint density at radius 3 is 2.65 bits per heavy atom. The van der Waals surface area contributed by atoms with Gasteiger partial charge >= 0.3 is 0 Å². The van der Waals surface area contributed by atoms with Crippen molar-refractivity contribution in [2.24, 2.45) is 5.92 Å². The molecule has 0 bridgehead atoms. The Bertz CT molecular complexity index is 1050. The lowest BCUT2D eigenvalue weighted by Gasteiger charge is -2.22. The summed E-state index contributed by atoms with van der Waals surface area (Å²) < 4.78 is 1.95. The van der Waals surface area contributed by atoms with Crippen LogP contribution >= 0.6 is 23.1 Å². The van der Waals surface area contributed by atoms with E-state index in [2.05, 4.69) is 22.1 Å². The first-order valence-electron chi connectivity index (χ1n) is 9.65. The quantitative estimate of drug-likeness (QED) is 0.202. The number of nitro groups is 1. The molecule has 1 amide bonds. The van der Waals surface area contributed by atoms with E-state index >= 15 is 0 Å². The number of amides is 1. The van der Waals surface area contributed by atoms with Crippen LogP contribution in [0.5, 0.6) is 0 Å². The van der Waals surface area contributed by atoms with Crippen LogP contribution in [0.4, 0.5) is 5.69 Å². The van der Waals surface area contributed by atoms with E-state index in [0.29, 0.717) is 28.2 Å². The first-order valence-corrected chi connectivity index (χ1v) is 11.5. The molecule has 1 unspecified atom stereocenters. The largest absolute Gasteiger partial charge is 0.341 e. The van der Waals surface area contributed by atoms with Gasteiger partial charge in [0.25, 0.3) is 11.6 Å². The molecule has 0 saturated heterocycles. The van der Waals surface area contributed by atoms with Crippen LogP contribution in [0.15, 0.2) is 59.6 Å². The minimum Gasteiger partial charge on any atom is -0.341 e. The number of carbonyl (C=O) groups is 1. The van der Waals surface area contributed by atoms with Crippen LogP contribution in [0, 0.1) is 16.0 Å². The van der Waals surface area contributed by atoms with Crippen molar-refractivity contribution in [2.45, 2.75) is 37.3 Å². The molecule has 0 aliphatic rings. The highest BCUT2D eigenvalue weighted by molar-refractivity contribution is 7.98. The normalized spacial score (nSPS) is 12.0. The summed E-state index contributed by atoms with van der Waals surface area (Å²) in [6.45, 7) is 8.38. The average Bonchev–Trinajstić information content (AvgIpc) is 3.41. The van der Waals surface area contributed by atoms with Gasteiger partial charge in [-0.15, -0.1) is 28.1 Å². The Morgan fingerprint density at radius 2 is 2.06 bits per heavy atom. The maximum Gasteiger partial charge on any atom is 0.269 e. The zero-order chi connectivity index (χ0) is 22.4. The molecule has 0 spiro atoms. The molecule has 10 heteroatoms. The van der Waals surface area contributed by atoms with Gasteiger partial charge in [-0.05, 0) is 22.9 Å². The third kappa shape index (κ3) is 5.59. The lowest BCUT2D eigenvalue weighted by Crippen LogP contribution is -2.33. The van der Waals surface area contributed by atoms with Crippen molar-refractivity contribution in [3.05, 3.63) is 80.8 Å². The van der Waals surface area contributed by atoms with Crippen LogP contribution in [-0.4, -0.2) is 25.6 Å². The molecule has 3 aromatic rings. The van der Waals surface area contributed by atoms with E-state index in [-0.39, 0.29) is 23.6 Å². The summed E-state index contributed by atoms with van der Waals surface area (Å²) in [7, 11) is 0. The molecule has 0 aliphatic heterocycles. The third-order valence-corrected chi connectivity index (χ3v) is 6.46. The van der Waals surface area contributed by atoms with Gasteiger partial charge < -0.3 is 9.88 Å². The van der Waals surface area contributed by atoms with E-state index in [0.717, 1.165) is 5.56 Å². The number of nitrogens with zero attached hydrogens (tertiary/aromatic N) is 4. The number of rotatable bonds is 10. The molecule has 31 heavy (non-hydrogen) atoms. The molecule has 0 radical (unpaired) electrons. The summed E-state index contributed by atoms with van der Waals surface area (Å²) in [6, 6.07) is 9.77. The van der Waals surface area contributed by atoms with E-state index < -0.39 is 4.92 Å². The zero-order valence-electron chi connectivity index (χ0n) is 17.2. The van der Waals surface area contributed by atoms with Gasteiger partial charge in [-0.2, -0.15) is 0 Å². The predicted octanol–water partition coefficient (Wildman–Crippen LogP) is 4.85. The highest BCUT2D eigenvalue weighted by atomic mass is 32.2. The molecule has 1 atom stereocenters. The van der Waals surface area contributed by atoms with Crippen LogP contribution < -0.4 is 5.32 Å². The van der Waals surface area contributed by atoms with Gasteiger partial charge in [0, 0.05) is 24.4 Å². The number of thioether (sulfide) groups is 1. The number of nitrogens with one attached hydrogen (secondary N) is 1. The predicted molar refractivity (Wildman–Crippen MR) is 122 cm³/mol. The molecule has 1 aromatic carbocycles. The van der Waals surface area contributed by atoms with E-state index in [1.165, 1.54) is 35.2 Å². The van der Waals surface area contributed by atoms with Crippen molar-refractivity contribution < 1.29 is 9.72 Å². The summed E-state index contributed by atoms with van der Waals surface area (Å²) in [6.07, 6.45) is 1.77. The number of benzene rings is 1. The number of thiophene rings is 1. The fourth-order valence-corrected chi connectivity index (χ4v) is 4.49. The molecule has 0 aliphatic carbocycles. The van der Waals surface area contributed by atoms with Crippen LogP contribution in [0.25, 0.3) is 0 Å². The Balaban J connectivity index is 1.79. The van der Waals surface area contributed by atoms with Gasteiger partial charge in [0.2, 0.25) is 0 Å². The summed E-state index contributed by atoms with van der Waals surface area (Å²) in [5.74, 6) is 1.22. The third-order valence-electron chi connectivity index (χ3n) is 4.55. The first-order chi connectivity index (χ1) is 14.9. The number of carbonyl (C=O) groups excluding carboxylic acids is 1. The van der Waals surface area contributed by atoms with Gasteiger partial charge in [0.1, 0.15) is 0 Å². The van der Waals surface area contributed by atoms with Crippen molar-refractivity contribution in [1.82, 2.24) is 20.1 Å². The standard InChI is InChI=1S/C21H23N5O3S2/c1-4-11-25-19(18(14(2)3)22-20(27)17-6-5-12-30-17)23-24-21(25)31-13-15-7-9-16(10-8-15)26(28)29/h4-10,12,14,18H,1,11,13H2,2-3H3,(H,22,27). The van der Waals surface area contributed by atoms with Crippen molar-refractivity contribution >= 4 is 34.7 Å². The molecule has 8 nitrogen and oxygen atoms in total.